The first-order chi connectivity index (χ1) is 4.54. The van der Waals surface area contributed by atoms with E-state index in [9.17, 15) is 0 Å². The van der Waals surface area contributed by atoms with Gasteiger partial charge in [-0.2, -0.15) is 0 Å². The summed E-state index contributed by atoms with van der Waals surface area (Å²) in [6.07, 6.45) is 2.20. The topological polar surface area (TPSA) is 46.2 Å². The van der Waals surface area contributed by atoms with E-state index in [1.54, 1.807) is 0 Å². The van der Waals surface area contributed by atoms with Gasteiger partial charge in [-0.3, -0.25) is 0 Å². The molecule has 0 aromatic heterocycles. The summed E-state index contributed by atoms with van der Waals surface area (Å²) in [4.78, 5) is 0. The summed E-state index contributed by atoms with van der Waals surface area (Å²) in [5.74, 6) is 0. The normalized spacial score (nSPS) is 15.3. The maximum atomic E-state index is 8.77. The minimum atomic E-state index is -0.0764. The van der Waals surface area contributed by atoms with E-state index < -0.39 is 0 Å². The van der Waals surface area contributed by atoms with E-state index in [-0.39, 0.29) is 18.1 Å². The molecule has 0 aromatic carbocycles. The van der Waals surface area contributed by atoms with Crippen LogP contribution < -0.4 is 5.73 Å². The third-order valence-corrected chi connectivity index (χ3v) is 2.09. The highest BCUT2D eigenvalue weighted by molar-refractivity contribution is 4.79. The number of nitrogens with two attached hydrogens (primary N) is 1. The molecule has 0 saturated carbocycles. The summed E-state index contributed by atoms with van der Waals surface area (Å²) in [6.45, 7) is 6.41. The van der Waals surface area contributed by atoms with Crippen LogP contribution in [0, 0.1) is 5.41 Å². The first kappa shape index (κ1) is 9.92. The molecule has 0 aromatic rings. The second kappa shape index (κ2) is 3.94. The molecule has 0 spiro atoms. The van der Waals surface area contributed by atoms with Gasteiger partial charge in [0, 0.05) is 6.04 Å². The summed E-state index contributed by atoms with van der Waals surface area (Å²) in [7, 11) is 0. The standard InChI is InChI=1S/C8H19NO/c1-4-5-8(2,3)7(9)6-10/h7,10H,4-6,9H2,1-3H3. The Morgan fingerprint density at radius 2 is 2.00 bits per heavy atom. The van der Waals surface area contributed by atoms with Crippen molar-refractivity contribution in [3.63, 3.8) is 0 Å². The van der Waals surface area contributed by atoms with Crippen LogP contribution in [0.25, 0.3) is 0 Å². The molecule has 2 heteroatoms. The van der Waals surface area contributed by atoms with Crippen LogP contribution in [0.3, 0.4) is 0 Å². The van der Waals surface area contributed by atoms with E-state index >= 15 is 0 Å². The molecule has 0 saturated heterocycles. The fraction of sp³-hybridized carbons (Fsp3) is 1.00. The lowest BCUT2D eigenvalue weighted by Crippen LogP contribution is -2.40. The first-order valence-electron chi connectivity index (χ1n) is 3.91. The van der Waals surface area contributed by atoms with Crippen molar-refractivity contribution in [3.8, 4) is 0 Å². The summed E-state index contributed by atoms with van der Waals surface area (Å²) >= 11 is 0. The van der Waals surface area contributed by atoms with Gasteiger partial charge < -0.3 is 10.8 Å². The second-order valence-electron chi connectivity index (χ2n) is 3.53. The molecule has 0 fully saturated rings. The predicted octanol–water partition coefficient (Wildman–Crippen LogP) is 1.13. The van der Waals surface area contributed by atoms with Crippen molar-refractivity contribution in [1.82, 2.24) is 0 Å². The van der Waals surface area contributed by atoms with Crippen molar-refractivity contribution < 1.29 is 5.11 Å². The zero-order valence-corrected chi connectivity index (χ0v) is 7.22. The molecule has 0 bridgehead atoms. The van der Waals surface area contributed by atoms with Crippen molar-refractivity contribution in [3.05, 3.63) is 0 Å². The Morgan fingerprint density at radius 3 is 2.30 bits per heavy atom. The highest BCUT2D eigenvalue weighted by Gasteiger charge is 2.24. The zero-order valence-electron chi connectivity index (χ0n) is 7.22. The van der Waals surface area contributed by atoms with Gasteiger partial charge in [0.1, 0.15) is 0 Å². The number of hydrogen-bond donors (Lipinski definition) is 2. The summed E-state index contributed by atoms with van der Waals surface area (Å²) in [6, 6.07) is -0.0764. The molecular formula is C8H19NO. The Kier molecular flexibility index (Phi) is 3.91. The number of rotatable bonds is 4. The van der Waals surface area contributed by atoms with Gasteiger partial charge in [-0.25, -0.2) is 0 Å². The van der Waals surface area contributed by atoms with Crippen LogP contribution in [-0.4, -0.2) is 17.8 Å². The molecule has 0 aliphatic rings. The quantitative estimate of drug-likeness (QED) is 0.623. The van der Waals surface area contributed by atoms with E-state index in [1.165, 1.54) is 0 Å². The SMILES string of the molecule is CCCC(C)(C)C(N)CO. The minimum absolute atomic E-state index is 0.0764. The molecular weight excluding hydrogens is 126 g/mol. The Labute approximate surface area is 63.4 Å². The van der Waals surface area contributed by atoms with Crippen LogP contribution in [0.1, 0.15) is 33.6 Å². The highest BCUT2D eigenvalue weighted by atomic mass is 16.3. The van der Waals surface area contributed by atoms with E-state index in [1.807, 2.05) is 0 Å². The second-order valence-corrected chi connectivity index (χ2v) is 3.53. The monoisotopic (exact) mass is 145 g/mol. The molecule has 0 amide bonds. The lowest BCUT2D eigenvalue weighted by atomic mass is 9.81. The van der Waals surface area contributed by atoms with Crippen molar-refractivity contribution in [2.75, 3.05) is 6.61 Å². The van der Waals surface area contributed by atoms with E-state index in [2.05, 4.69) is 20.8 Å². The molecule has 1 atom stereocenters. The lowest BCUT2D eigenvalue weighted by Gasteiger charge is -2.29. The number of aliphatic hydroxyl groups excluding tert-OH is 1. The van der Waals surface area contributed by atoms with Gasteiger partial charge in [0.25, 0.3) is 0 Å². The molecule has 2 nitrogen and oxygen atoms in total. The molecule has 0 aliphatic heterocycles. The maximum Gasteiger partial charge on any atom is 0.0587 e. The first-order valence-corrected chi connectivity index (χ1v) is 3.91. The smallest absolute Gasteiger partial charge is 0.0587 e. The van der Waals surface area contributed by atoms with Gasteiger partial charge in [0.05, 0.1) is 6.61 Å². The van der Waals surface area contributed by atoms with E-state index in [4.69, 9.17) is 10.8 Å². The van der Waals surface area contributed by atoms with Gasteiger partial charge in [0.2, 0.25) is 0 Å². The molecule has 62 valence electrons. The van der Waals surface area contributed by atoms with Gasteiger partial charge in [0.15, 0.2) is 0 Å². The maximum absolute atomic E-state index is 8.77. The Balaban J connectivity index is 3.82. The third-order valence-electron chi connectivity index (χ3n) is 2.09. The van der Waals surface area contributed by atoms with E-state index in [0.717, 1.165) is 12.8 Å². The van der Waals surface area contributed by atoms with E-state index in [0.29, 0.717) is 0 Å². The zero-order chi connectivity index (χ0) is 8.20. The average molecular weight is 145 g/mol. The molecule has 0 aliphatic carbocycles. The van der Waals surface area contributed by atoms with Crippen molar-refractivity contribution in [1.29, 1.82) is 0 Å². The van der Waals surface area contributed by atoms with Crippen LogP contribution in [0.4, 0.5) is 0 Å². The fourth-order valence-electron chi connectivity index (χ4n) is 1.08. The lowest BCUT2D eigenvalue weighted by molar-refractivity contribution is 0.165. The average Bonchev–Trinajstić information content (AvgIpc) is 1.86. The van der Waals surface area contributed by atoms with Crippen molar-refractivity contribution in [2.45, 2.75) is 39.7 Å². The summed E-state index contributed by atoms with van der Waals surface area (Å²) in [5.41, 5.74) is 5.77. The highest BCUT2D eigenvalue weighted by Crippen LogP contribution is 2.24. The fourth-order valence-corrected chi connectivity index (χ4v) is 1.08. The summed E-state index contributed by atoms with van der Waals surface area (Å²) in [5, 5.41) is 8.77. The van der Waals surface area contributed by atoms with Crippen LogP contribution >= 0.6 is 0 Å². The van der Waals surface area contributed by atoms with Gasteiger partial charge >= 0.3 is 0 Å². The van der Waals surface area contributed by atoms with Crippen molar-refractivity contribution in [2.24, 2.45) is 11.1 Å². The van der Waals surface area contributed by atoms with Gasteiger partial charge in [-0.1, -0.05) is 27.2 Å². The van der Waals surface area contributed by atoms with Crippen LogP contribution in [0.5, 0.6) is 0 Å². The molecule has 1 unspecified atom stereocenters. The molecule has 0 rings (SSSR count). The van der Waals surface area contributed by atoms with Crippen LogP contribution in [0.2, 0.25) is 0 Å². The third kappa shape index (κ3) is 2.67. The van der Waals surface area contributed by atoms with Gasteiger partial charge in [-0.05, 0) is 11.8 Å². The molecule has 0 radical (unpaired) electrons. The molecule has 3 N–H and O–H groups in total. The summed E-state index contributed by atoms with van der Waals surface area (Å²) < 4.78 is 0. The van der Waals surface area contributed by atoms with Crippen LogP contribution in [-0.2, 0) is 0 Å². The minimum Gasteiger partial charge on any atom is -0.395 e. The van der Waals surface area contributed by atoms with Gasteiger partial charge in [-0.15, -0.1) is 0 Å². The Morgan fingerprint density at radius 1 is 1.50 bits per heavy atom. The van der Waals surface area contributed by atoms with Crippen molar-refractivity contribution >= 4 is 0 Å². The Bertz CT molecular complexity index is 91.3. The molecule has 0 heterocycles. The largest absolute Gasteiger partial charge is 0.395 e. The Hall–Kier alpha value is -0.0800. The predicted molar refractivity (Wildman–Crippen MR) is 43.8 cm³/mol. The van der Waals surface area contributed by atoms with Crippen LogP contribution in [0.15, 0.2) is 0 Å². The molecule has 10 heavy (non-hydrogen) atoms. The number of hydrogen-bond acceptors (Lipinski definition) is 2. The number of aliphatic hydroxyl groups is 1.